The number of hydrogen-bond donors (Lipinski definition) is 2. The van der Waals surface area contributed by atoms with Crippen LogP contribution in [-0.4, -0.2) is 17.9 Å². The van der Waals surface area contributed by atoms with Crippen LogP contribution in [0.2, 0.25) is 0 Å². The molecule has 58 valence electrons. The van der Waals surface area contributed by atoms with Gasteiger partial charge >= 0.3 is 5.97 Å². The summed E-state index contributed by atoms with van der Waals surface area (Å²) in [6.07, 6.45) is 1.87. The first-order valence-corrected chi connectivity index (χ1v) is 2.75. The van der Waals surface area contributed by atoms with Gasteiger partial charge in [-0.25, -0.2) is 4.79 Å². The smallest absolute Gasteiger partial charge is 0.373 e. The highest BCUT2D eigenvalue weighted by molar-refractivity contribution is 6.33. The Labute approximate surface area is 64.6 Å². The van der Waals surface area contributed by atoms with Crippen molar-refractivity contribution < 1.29 is 9.53 Å². The minimum absolute atomic E-state index is 0. The molecule has 0 radical (unpaired) electrons. The first-order chi connectivity index (χ1) is 4.20. The highest BCUT2D eigenvalue weighted by atomic mass is 35.5. The molecule has 1 saturated carbocycles. The Morgan fingerprint density at radius 2 is 2.10 bits per heavy atom. The third kappa shape index (κ3) is 2.68. The van der Waals surface area contributed by atoms with Gasteiger partial charge in [-0.15, -0.1) is 12.4 Å². The van der Waals surface area contributed by atoms with Crippen LogP contribution in [0.25, 0.3) is 0 Å². The number of carbonyl (C=O) groups excluding carboxylic acids is 1. The normalized spacial score (nSPS) is 15.2. The number of rotatable bonds is 1. The predicted octanol–water partition coefficient (Wildman–Crippen LogP) is 0.0498. The van der Waals surface area contributed by atoms with E-state index in [1.165, 1.54) is 0 Å². The maximum Gasteiger partial charge on any atom is 0.373 e. The molecule has 0 spiro atoms. The lowest BCUT2D eigenvalue weighted by molar-refractivity contribution is -0.136. The summed E-state index contributed by atoms with van der Waals surface area (Å²) in [6, 6.07) is 0. The maximum atomic E-state index is 10.4. The molecule has 5 heteroatoms. The van der Waals surface area contributed by atoms with Crippen LogP contribution < -0.4 is 5.73 Å². The second kappa shape index (κ2) is 3.41. The van der Waals surface area contributed by atoms with Crippen molar-refractivity contribution in [3.8, 4) is 0 Å². The number of esters is 1. The highest BCUT2D eigenvalue weighted by Crippen LogP contribution is 2.23. The van der Waals surface area contributed by atoms with Crippen molar-refractivity contribution in [1.29, 1.82) is 5.41 Å². The fourth-order valence-corrected chi connectivity index (χ4v) is 0.401. The Hall–Kier alpha value is -0.770. The van der Waals surface area contributed by atoms with Crippen molar-refractivity contribution in [2.45, 2.75) is 18.9 Å². The molecular formula is C5H9ClN2O2. The third-order valence-electron chi connectivity index (χ3n) is 1.02. The second-order valence-electron chi connectivity index (χ2n) is 2.02. The highest BCUT2D eigenvalue weighted by Gasteiger charge is 2.26. The molecule has 0 saturated heterocycles. The van der Waals surface area contributed by atoms with E-state index < -0.39 is 11.8 Å². The minimum Gasteiger partial charge on any atom is -0.457 e. The van der Waals surface area contributed by atoms with Gasteiger partial charge < -0.3 is 10.5 Å². The molecule has 3 N–H and O–H groups in total. The number of hydrogen-bond acceptors (Lipinski definition) is 3. The van der Waals surface area contributed by atoms with Gasteiger partial charge in [0.2, 0.25) is 5.84 Å². The fraction of sp³-hybridized carbons (Fsp3) is 0.600. The van der Waals surface area contributed by atoms with Crippen LogP contribution in [0.3, 0.4) is 0 Å². The third-order valence-corrected chi connectivity index (χ3v) is 1.02. The SMILES string of the molecule is Cl.N=C(N)C(=O)OC1CC1. The van der Waals surface area contributed by atoms with Gasteiger partial charge in [-0.3, -0.25) is 5.41 Å². The maximum absolute atomic E-state index is 10.4. The van der Waals surface area contributed by atoms with Crippen molar-refractivity contribution in [2.24, 2.45) is 5.73 Å². The van der Waals surface area contributed by atoms with Gasteiger partial charge in [0.05, 0.1) is 0 Å². The molecule has 1 aliphatic rings. The number of nitrogens with two attached hydrogens (primary N) is 1. The summed E-state index contributed by atoms with van der Waals surface area (Å²) in [5.74, 6) is -1.21. The molecule has 1 fully saturated rings. The molecule has 0 atom stereocenters. The largest absolute Gasteiger partial charge is 0.457 e. The zero-order valence-electron chi connectivity index (χ0n) is 5.29. The lowest BCUT2D eigenvalue weighted by Crippen LogP contribution is -2.25. The Morgan fingerprint density at radius 3 is 2.40 bits per heavy atom. The van der Waals surface area contributed by atoms with E-state index in [1.807, 2.05) is 0 Å². The van der Waals surface area contributed by atoms with Crippen LogP contribution in [0.15, 0.2) is 0 Å². The van der Waals surface area contributed by atoms with Crippen molar-refractivity contribution in [3.63, 3.8) is 0 Å². The van der Waals surface area contributed by atoms with Crippen molar-refractivity contribution in [1.82, 2.24) is 0 Å². The Kier molecular flexibility index (Phi) is 3.15. The monoisotopic (exact) mass is 164 g/mol. The quantitative estimate of drug-likeness (QED) is 0.327. The van der Waals surface area contributed by atoms with E-state index in [2.05, 4.69) is 4.74 Å². The van der Waals surface area contributed by atoms with Crippen molar-refractivity contribution in [3.05, 3.63) is 0 Å². The number of nitrogens with one attached hydrogen (secondary N) is 1. The molecule has 0 bridgehead atoms. The molecular weight excluding hydrogens is 156 g/mol. The fourth-order valence-electron chi connectivity index (χ4n) is 0.401. The van der Waals surface area contributed by atoms with E-state index in [9.17, 15) is 4.79 Å². The lowest BCUT2D eigenvalue weighted by Gasteiger charge is -1.97. The number of carbonyl (C=O) groups is 1. The summed E-state index contributed by atoms with van der Waals surface area (Å²) in [5, 5.41) is 6.62. The first kappa shape index (κ1) is 9.23. The van der Waals surface area contributed by atoms with Crippen LogP contribution >= 0.6 is 12.4 Å². The van der Waals surface area contributed by atoms with E-state index in [-0.39, 0.29) is 18.5 Å². The summed E-state index contributed by atoms with van der Waals surface area (Å²) in [6.45, 7) is 0. The van der Waals surface area contributed by atoms with Gasteiger partial charge in [-0.1, -0.05) is 0 Å². The molecule has 10 heavy (non-hydrogen) atoms. The predicted molar refractivity (Wildman–Crippen MR) is 38.3 cm³/mol. The van der Waals surface area contributed by atoms with Crippen LogP contribution in [0, 0.1) is 5.41 Å². The van der Waals surface area contributed by atoms with Crippen LogP contribution in [0.4, 0.5) is 0 Å². The van der Waals surface area contributed by atoms with Crippen molar-refractivity contribution in [2.75, 3.05) is 0 Å². The lowest BCUT2D eigenvalue weighted by atomic mass is 10.6. The Bertz CT molecular complexity index is 156. The van der Waals surface area contributed by atoms with Gasteiger partial charge in [-0.05, 0) is 12.8 Å². The molecule has 0 aromatic carbocycles. The molecule has 0 amide bonds. The number of ether oxygens (including phenoxy) is 1. The molecule has 1 aliphatic carbocycles. The summed E-state index contributed by atoms with van der Waals surface area (Å²) >= 11 is 0. The number of amidine groups is 1. The summed E-state index contributed by atoms with van der Waals surface area (Å²) in [7, 11) is 0. The van der Waals surface area contributed by atoms with Gasteiger partial charge in [0.15, 0.2) is 0 Å². The van der Waals surface area contributed by atoms with E-state index in [0.717, 1.165) is 12.8 Å². The van der Waals surface area contributed by atoms with Crippen LogP contribution in [-0.2, 0) is 9.53 Å². The number of halogens is 1. The van der Waals surface area contributed by atoms with Crippen LogP contribution in [0.1, 0.15) is 12.8 Å². The van der Waals surface area contributed by atoms with E-state index >= 15 is 0 Å². The molecule has 0 unspecified atom stereocenters. The van der Waals surface area contributed by atoms with E-state index in [0.29, 0.717) is 0 Å². The average Bonchev–Trinajstić information content (AvgIpc) is 2.50. The van der Waals surface area contributed by atoms with Gasteiger partial charge in [0.1, 0.15) is 6.10 Å². The van der Waals surface area contributed by atoms with Gasteiger partial charge in [-0.2, -0.15) is 0 Å². The standard InChI is InChI=1S/C5H8N2O2.ClH/c6-4(7)5(8)9-3-1-2-3;/h3H,1-2H2,(H3,6,7);1H. The summed E-state index contributed by atoms with van der Waals surface area (Å²) in [5.41, 5.74) is 4.82. The molecule has 1 rings (SSSR count). The molecule has 0 aromatic heterocycles. The summed E-state index contributed by atoms with van der Waals surface area (Å²) < 4.78 is 4.63. The second-order valence-corrected chi connectivity index (χ2v) is 2.02. The van der Waals surface area contributed by atoms with E-state index in [4.69, 9.17) is 11.1 Å². The van der Waals surface area contributed by atoms with Gasteiger partial charge in [0, 0.05) is 0 Å². The van der Waals surface area contributed by atoms with Gasteiger partial charge in [0.25, 0.3) is 0 Å². The first-order valence-electron chi connectivity index (χ1n) is 2.75. The van der Waals surface area contributed by atoms with E-state index in [1.54, 1.807) is 0 Å². The van der Waals surface area contributed by atoms with Crippen LogP contribution in [0.5, 0.6) is 0 Å². The molecule has 0 aliphatic heterocycles. The molecule has 4 nitrogen and oxygen atoms in total. The minimum atomic E-state index is -0.697. The zero-order valence-corrected chi connectivity index (χ0v) is 6.11. The average molecular weight is 165 g/mol. The topological polar surface area (TPSA) is 76.2 Å². The molecule has 0 aromatic rings. The molecule has 0 heterocycles. The van der Waals surface area contributed by atoms with Crippen molar-refractivity contribution >= 4 is 24.2 Å². The Morgan fingerprint density at radius 1 is 1.60 bits per heavy atom. The zero-order chi connectivity index (χ0) is 6.85. The summed E-state index contributed by atoms with van der Waals surface area (Å²) in [4.78, 5) is 10.4. The Balaban J connectivity index is 0.000000810.